The Morgan fingerprint density at radius 1 is 1.44 bits per heavy atom. The lowest BCUT2D eigenvalue weighted by molar-refractivity contribution is 0.0555. The van der Waals surface area contributed by atoms with Gasteiger partial charge in [0.2, 0.25) is 0 Å². The fraction of sp³-hybridized carbons (Fsp3) is 0.583. The Morgan fingerprint density at radius 3 is 2.72 bits per heavy atom. The maximum atomic E-state index is 12.3. The molecule has 1 aromatic heterocycles. The fourth-order valence-electron chi connectivity index (χ4n) is 1.99. The summed E-state index contributed by atoms with van der Waals surface area (Å²) in [5.41, 5.74) is 5.76. The second-order valence-corrected chi connectivity index (χ2v) is 4.50. The van der Waals surface area contributed by atoms with E-state index in [0.717, 1.165) is 19.3 Å². The van der Waals surface area contributed by atoms with Crippen LogP contribution in [0, 0.1) is 0 Å². The zero-order valence-electron chi connectivity index (χ0n) is 10.2. The van der Waals surface area contributed by atoms with Crippen molar-refractivity contribution in [1.29, 1.82) is 0 Å². The van der Waals surface area contributed by atoms with Crippen molar-refractivity contribution in [3.05, 3.63) is 17.8 Å². The number of nitrogens with zero attached hydrogens (tertiary/aromatic N) is 3. The van der Waals surface area contributed by atoms with Crippen molar-refractivity contribution >= 4 is 11.7 Å². The molecule has 18 heavy (non-hydrogen) atoms. The van der Waals surface area contributed by atoms with Crippen molar-refractivity contribution in [2.24, 2.45) is 0 Å². The minimum atomic E-state index is -0.124. The number of carbonyl (C=O) groups excluding carboxylic acids is 1. The summed E-state index contributed by atoms with van der Waals surface area (Å²) in [6.07, 6.45) is 3.80. The van der Waals surface area contributed by atoms with Crippen molar-refractivity contribution in [2.75, 3.05) is 18.9 Å². The summed E-state index contributed by atoms with van der Waals surface area (Å²) >= 11 is 0. The van der Waals surface area contributed by atoms with Gasteiger partial charge in [-0.25, -0.2) is 0 Å². The van der Waals surface area contributed by atoms with Crippen molar-refractivity contribution in [3.8, 4) is 0 Å². The van der Waals surface area contributed by atoms with Gasteiger partial charge in [-0.3, -0.25) is 4.79 Å². The third kappa shape index (κ3) is 2.76. The monoisotopic (exact) mass is 250 g/mol. The molecule has 1 heterocycles. The first-order chi connectivity index (χ1) is 8.72. The van der Waals surface area contributed by atoms with Crippen LogP contribution < -0.4 is 5.73 Å². The van der Waals surface area contributed by atoms with E-state index in [-0.39, 0.29) is 18.6 Å². The molecule has 2 rings (SSSR count). The normalized spacial score (nSPS) is 15.2. The van der Waals surface area contributed by atoms with Crippen molar-refractivity contribution in [2.45, 2.75) is 31.7 Å². The number of anilines is 1. The summed E-state index contributed by atoms with van der Waals surface area (Å²) in [7, 11) is 0. The van der Waals surface area contributed by atoms with Crippen LogP contribution in [0.2, 0.25) is 0 Å². The number of aromatic nitrogens is 2. The molecule has 1 aromatic rings. The van der Waals surface area contributed by atoms with Gasteiger partial charge in [-0.05, 0) is 37.8 Å². The molecule has 0 unspecified atom stereocenters. The second-order valence-electron chi connectivity index (χ2n) is 4.50. The van der Waals surface area contributed by atoms with E-state index in [0.29, 0.717) is 24.5 Å². The third-order valence-electron chi connectivity index (χ3n) is 3.24. The van der Waals surface area contributed by atoms with E-state index in [1.54, 1.807) is 17.0 Å². The van der Waals surface area contributed by atoms with E-state index >= 15 is 0 Å². The van der Waals surface area contributed by atoms with Crippen molar-refractivity contribution in [1.82, 2.24) is 15.1 Å². The standard InChI is InChI=1S/C12H18N4O2/c13-11-6-5-10(14-15-11)12(18)16(7-2-8-17)9-3-1-4-9/h5-6,9,17H,1-4,7-8H2,(H2,13,15). The minimum Gasteiger partial charge on any atom is -0.396 e. The summed E-state index contributed by atoms with van der Waals surface area (Å²) in [5.74, 6) is 0.178. The van der Waals surface area contributed by atoms with E-state index in [2.05, 4.69) is 10.2 Å². The highest BCUT2D eigenvalue weighted by Gasteiger charge is 2.29. The van der Waals surface area contributed by atoms with Crippen molar-refractivity contribution in [3.63, 3.8) is 0 Å². The second kappa shape index (κ2) is 5.77. The van der Waals surface area contributed by atoms with Crippen LogP contribution in [-0.4, -0.2) is 45.3 Å². The summed E-state index contributed by atoms with van der Waals surface area (Å²) in [4.78, 5) is 14.1. The van der Waals surface area contributed by atoms with Crippen LogP contribution >= 0.6 is 0 Å². The Kier molecular flexibility index (Phi) is 4.09. The SMILES string of the molecule is Nc1ccc(C(=O)N(CCCO)C2CCC2)nn1. The molecule has 6 heteroatoms. The van der Waals surface area contributed by atoms with Crippen LogP contribution in [0.5, 0.6) is 0 Å². The van der Waals surface area contributed by atoms with Gasteiger partial charge in [0, 0.05) is 19.2 Å². The van der Waals surface area contributed by atoms with Gasteiger partial charge in [-0.15, -0.1) is 10.2 Å². The summed E-state index contributed by atoms with van der Waals surface area (Å²) in [5, 5.41) is 16.4. The number of nitrogen functional groups attached to an aromatic ring is 1. The van der Waals surface area contributed by atoms with Crippen LogP contribution in [0.15, 0.2) is 12.1 Å². The molecule has 1 aliphatic rings. The molecule has 0 saturated heterocycles. The molecule has 0 radical (unpaired) electrons. The zero-order chi connectivity index (χ0) is 13.0. The van der Waals surface area contributed by atoms with E-state index in [1.165, 1.54) is 0 Å². The molecule has 0 bridgehead atoms. The lowest BCUT2D eigenvalue weighted by Gasteiger charge is -2.37. The highest BCUT2D eigenvalue weighted by atomic mass is 16.3. The Hall–Kier alpha value is -1.69. The molecule has 1 amide bonds. The van der Waals surface area contributed by atoms with E-state index < -0.39 is 0 Å². The quantitative estimate of drug-likeness (QED) is 0.791. The maximum Gasteiger partial charge on any atom is 0.274 e. The number of carbonyl (C=O) groups is 1. The third-order valence-corrected chi connectivity index (χ3v) is 3.24. The molecule has 1 aliphatic carbocycles. The molecule has 0 aromatic carbocycles. The van der Waals surface area contributed by atoms with Gasteiger partial charge >= 0.3 is 0 Å². The number of rotatable bonds is 5. The Morgan fingerprint density at radius 2 is 2.22 bits per heavy atom. The first-order valence-corrected chi connectivity index (χ1v) is 6.23. The molecule has 1 saturated carbocycles. The maximum absolute atomic E-state index is 12.3. The summed E-state index contributed by atoms with van der Waals surface area (Å²) in [6.45, 7) is 0.649. The molecule has 6 nitrogen and oxygen atoms in total. The van der Waals surface area contributed by atoms with Crippen LogP contribution in [0.25, 0.3) is 0 Å². The largest absolute Gasteiger partial charge is 0.396 e. The number of hydrogen-bond acceptors (Lipinski definition) is 5. The molecule has 0 aliphatic heterocycles. The molecule has 1 fully saturated rings. The zero-order valence-corrected chi connectivity index (χ0v) is 10.2. The van der Waals surface area contributed by atoms with Gasteiger partial charge in [0.05, 0.1) is 0 Å². The lowest BCUT2D eigenvalue weighted by atomic mass is 9.91. The minimum absolute atomic E-state index is 0.0872. The average molecular weight is 250 g/mol. The van der Waals surface area contributed by atoms with Gasteiger partial charge in [0.25, 0.3) is 5.91 Å². The van der Waals surface area contributed by atoms with Gasteiger partial charge in [-0.2, -0.15) is 0 Å². The first-order valence-electron chi connectivity index (χ1n) is 6.23. The van der Waals surface area contributed by atoms with E-state index in [4.69, 9.17) is 10.8 Å². The number of hydrogen-bond donors (Lipinski definition) is 2. The van der Waals surface area contributed by atoms with Gasteiger partial charge < -0.3 is 15.7 Å². The summed E-state index contributed by atoms with van der Waals surface area (Å²) < 4.78 is 0. The Bertz CT molecular complexity index is 403. The predicted octanol–water partition coefficient (Wildman–Crippen LogP) is 0.436. The fourth-order valence-corrected chi connectivity index (χ4v) is 1.99. The topological polar surface area (TPSA) is 92.3 Å². The predicted molar refractivity (Wildman–Crippen MR) is 66.8 cm³/mol. The van der Waals surface area contributed by atoms with Crippen LogP contribution in [-0.2, 0) is 0 Å². The smallest absolute Gasteiger partial charge is 0.274 e. The number of aliphatic hydroxyl groups excluding tert-OH is 1. The highest BCUT2D eigenvalue weighted by molar-refractivity contribution is 5.92. The van der Waals surface area contributed by atoms with E-state index in [1.807, 2.05) is 0 Å². The first kappa shape index (κ1) is 12.8. The number of nitrogens with two attached hydrogens (primary N) is 1. The molecular formula is C12H18N4O2. The van der Waals surface area contributed by atoms with Crippen LogP contribution in [0.1, 0.15) is 36.2 Å². The van der Waals surface area contributed by atoms with Gasteiger partial charge in [0.1, 0.15) is 5.82 Å². The summed E-state index contributed by atoms with van der Waals surface area (Å²) in [6, 6.07) is 3.45. The molecule has 98 valence electrons. The van der Waals surface area contributed by atoms with E-state index in [9.17, 15) is 4.79 Å². The molecular weight excluding hydrogens is 232 g/mol. The molecule has 0 atom stereocenters. The van der Waals surface area contributed by atoms with Crippen LogP contribution in [0.4, 0.5) is 5.82 Å². The lowest BCUT2D eigenvalue weighted by Crippen LogP contribution is -2.45. The van der Waals surface area contributed by atoms with Crippen LogP contribution in [0.3, 0.4) is 0 Å². The average Bonchev–Trinajstić information content (AvgIpc) is 2.32. The molecule has 0 spiro atoms. The highest BCUT2D eigenvalue weighted by Crippen LogP contribution is 2.26. The van der Waals surface area contributed by atoms with Crippen molar-refractivity contribution < 1.29 is 9.90 Å². The molecule has 3 N–H and O–H groups in total. The van der Waals surface area contributed by atoms with Gasteiger partial charge in [-0.1, -0.05) is 0 Å². The number of aliphatic hydroxyl groups is 1. The number of amides is 1. The Balaban J connectivity index is 2.08. The van der Waals surface area contributed by atoms with Gasteiger partial charge in [0.15, 0.2) is 5.69 Å². The Labute approximate surface area is 106 Å².